The van der Waals surface area contributed by atoms with Gasteiger partial charge in [-0.05, 0) is 18.1 Å². The number of fused-ring (bicyclic) bond motifs is 1. The second-order valence-electron chi connectivity index (χ2n) is 3.23. The lowest BCUT2D eigenvalue weighted by molar-refractivity contribution is -0.121. The number of amides is 1. The van der Waals surface area contributed by atoms with Crippen molar-refractivity contribution in [3.8, 4) is 0 Å². The molecule has 0 spiro atoms. The minimum absolute atomic E-state index is 0.133. The van der Waals surface area contributed by atoms with E-state index >= 15 is 0 Å². The van der Waals surface area contributed by atoms with Crippen molar-refractivity contribution in [3.63, 3.8) is 0 Å². The molecule has 0 saturated carbocycles. The van der Waals surface area contributed by atoms with Crippen LogP contribution in [0.1, 0.15) is 16.7 Å². The number of hydrogen-bond acceptors (Lipinski definition) is 1. The van der Waals surface area contributed by atoms with E-state index in [1.54, 1.807) is 0 Å². The van der Waals surface area contributed by atoms with Gasteiger partial charge in [0.1, 0.15) is 0 Å². The first-order chi connectivity index (χ1) is 5.75. The van der Waals surface area contributed by atoms with Crippen LogP contribution < -0.4 is 5.32 Å². The first-order valence-corrected chi connectivity index (χ1v) is 4.11. The first kappa shape index (κ1) is 7.35. The molecule has 2 heteroatoms. The average Bonchev–Trinajstić information content (AvgIpc) is 2.03. The first-order valence-electron chi connectivity index (χ1n) is 4.11. The molecule has 0 fully saturated rings. The fourth-order valence-corrected chi connectivity index (χ4v) is 1.52. The van der Waals surface area contributed by atoms with Crippen molar-refractivity contribution < 1.29 is 4.79 Å². The van der Waals surface area contributed by atoms with Crippen molar-refractivity contribution in [1.82, 2.24) is 5.32 Å². The number of carbonyl (C=O) groups is 1. The van der Waals surface area contributed by atoms with Gasteiger partial charge < -0.3 is 5.32 Å². The van der Waals surface area contributed by atoms with Crippen molar-refractivity contribution in [1.29, 1.82) is 0 Å². The van der Waals surface area contributed by atoms with E-state index in [9.17, 15) is 4.79 Å². The zero-order chi connectivity index (χ0) is 8.55. The van der Waals surface area contributed by atoms with Gasteiger partial charge in [-0.15, -0.1) is 0 Å². The molecule has 1 aliphatic rings. The Morgan fingerprint density at radius 1 is 1.33 bits per heavy atom. The van der Waals surface area contributed by atoms with Crippen LogP contribution in [0.5, 0.6) is 0 Å². The number of rotatable bonds is 0. The van der Waals surface area contributed by atoms with E-state index in [2.05, 4.69) is 23.5 Å². The molecule has 2 rings (SSSR count). The SMILES string of the molecule is Cc1ccc2c(c1)CC(=O)NC2. The van der Waals surface area contributed by atoms with E-state index in [0.717, 1.165) is 0 Å². The highest BCUT2D eigenvalue weighted by atomic mass is 16.1. The fourth-order valence-electron chi connectivity index (χ4n) is 1.52. The maximum absolute atomic E-state index is 11.0. The molecule has 1 aromatic rings. The van der Waals surface area contributed by atoms with Gasteiger partial charge in [0.2, 0.25) is 5.91 Å². The van der Waals surface area contributed by atoms with Gasteiger partial charge in [0.25, 0.3) is 0 Å². The molecule has 0 bridgehead atoms. The molecular formula is C10H11NO. The number of nitrogens with one attached hydrogen (secondary N) is 1. The summed E-state index contributed by atoms with van der Waals surface area (Å²) in [6.07, 6.45) is 0.539. The lowest BCUT2D eigenvalue weighted by Crippen LogP contribution is -2.30. The van der Waals surface area contributed by atoms with Crippen LogP contribution >= 0.6 is 0 Å². The molecular weight excluding hydrogens is 150 g/mol. The number of benzene rings is 1. The highest BCUT2D eigenvalue weighted by molar-refractivity contribution is 5.80. The molecule has 12 heavy (non-hydrogen) atoms. The Hall–Kier alpha value is -1.31. The fraction of sp³-hybridized carbons (Fsp3) is 0.300. The molecule has 0 unspecified atom stereocenters. The number of aryl methyl sites for hydroxylation is 1. The molecule has 1 N–H and O–H groups in total. The normalized spacial score (nSPS) is 15.2. The largest absolute Gasteiger partial charge is 0.352 e. The summed E-state index contributed by atoms with van der Waals surface area (Å²) in [5, 5.41) is 2.82. The summed E-state index contributed by atoms with van der Waals surface area (Å²) in [4.78, 5) is 11.0. The van der Waals surface area contributed by atoms with Gasteiger partial charge in [0.05, 0.1) is 6.42 Å². The van der Waals surface area contributed by atoms with Gasteiger partial charge in [-0.2, -0.15) is 0 Å². The van der Waals surface area contributed by atoms with E-state index in [1.807, 2.05) is 6.92 Å². The lowest BCUT2D eigenvalue weighted by atomic mass is 9.99. The predicted octanol–water partition coefficient (Wildman–Crippen LogP) is 1.17. The lowest BCUT2D eigenvalue weighted by Gasteiger charge is -2.16. The van der Waals surface area contributed by atoms with Crippen LogP contribution in [0.15, 0.2) is 18.2 Å². The van der Waals surface area contributed by atoms with Gasteiger partial charge in [0.15, 0.2) is 0 Å². The Labute approximate surface area is 71.6 Å². The van der Waals surface area contributed by atoms with Crippen molar-refractivity contribution in [3.05, 3.63) is 34.9 Å². The summed E-state index contributed by atoms with van der Waals surface area (Å²) in [6.45, 7) is 2.74. The monoisotopic (exact) mass is 161 g/mol. The van der Waals surface area contributed by atoms with Crippen molar-refractivity contribution in [2.45, 2.75) is 19.9 Å². The summed E-state index contributed by atoms with van der Waals surface area (Å²) in [5.41, 5.74) is 3.66. The minimum Gasteiger partial charge on any atom is -0.352 e. The molecule has 0 atom stereocenters. The van der Waals surface area contributed by atoms with E-state index in [-0.39, 0.29) is 5.91 Å². The third-order valence-electron chi connectivity index (χ3n) is 2.19. The molecule has 0 aromatic heterocycles. The van der Waals surface area contributed by atoms with Crippen LogP contribution in [-0.2, 0) is 17.8 Å². The van der Waals surface area contributed by atoms with Gasteiger partial charge in [0, 0.05) is 6.54 Å². The second kappa shape index (κ2) is 2.63. The molecule has 1 amide bonds. The third-order valence-corrected chi connectivity index (χ3v) is 2.19. The smallest absolute Gasteiger partial charge is 0.224 e. The van der Waals surface area contributed by atoms with Crippen molar-refractivity contribution in [2.75, 3.05) is 0 Å². The van der Waals surface area contributed by atoms with E-state index in [1.165, 1.54) is 16.7 Å². The highest BCUT2D eigenvalue weighted by Gasteiger charge is 2.13. The van der Waals surface area contributed by atoms with Crippen LogP contribution in [0, 0.1) is 6.92 Å². The van der Waals surface area contributed by atoms with E-state index in [4.69, 9.17) is 0 Å². The molecule has 1 heterocycles. The topological polar surface area (TPSA) is 29.1 Å². The highest BCUT2D eigenvalue weighted by Crippen LogP contribution is 2.15. The summed E-state index contributed by atoms with van der Waals surface area (Å²) in [7, 11) is 0. The van der Waals surface area contributed by atoms with Gasteiger partial charge >= 0.3 is 0 Å². The van der Waals surface area contributed by atoms with Crippen LogP contribution in [0.3, 0.4) is 0 Å². The molecule has 62 valence electrons. The third kappa shape index (κ3) is 1.20. The van der Waals surface area contributed by atoms with Gasteiger partial charge in [-0.1, -0.05) is 23.8 Å². The summed E-state index contributed by atoms with van der Waals surface area (Å²) < 4.78 is 0. The van der Waals surface area contributed by atoms with Crippen LogP contribution in [0.4, 0.5) is 0 Å². The molecule has 0 aliphatic carbocycles. The zero-order valence-electron chi connectivity index (χ0n) is 7.05. The minimum atomic E-state index is 0.133. The number of carbonyl (C=O) groups excluding carboxylic acids is 1. The molecule has 1 aromatic carbocycles. The van der Waals surface area contributed by atoms with Gasteiger partial charge in [-0.25, -0.2) is 0 Å². The average molecular weight is 161 g/mol. The summed E-state index contributed by atoms with van der Waals surface area (Å²) in [5.74, 6) is 0.133. The van der Waals surface area contributed by atoms with E-state index < -0.39 is 0 Å². The predicted molar refractivity (Wildman–Crippen MR) is 46.7 cm³/mol. The van der Waals surface area contributed by atoms with E-state index in [0.29, 0.717) is 13.0 Å². The summed E-state index contributed by atoms with van der Waals surface area (Å²) in [6, 6.07) is 6.26. The summed E-state index contributed by atoms with van der Waals surface area (Å²) >= 11 is 0. The Morgan fingerprint density at radius 2 is 2.17 bits per heavy atom. The zero-order valence-corrected chi connectivity index (χ0v) is 7.05. The quantitative estimate of drug-likeness (QED) is 0.608. The van der Waals surface area contributed by atoms with Crippen molar-refractivity contribution in [2.24, 2.45) is 0 Å². The number of hydrogen-bond donors (Lipinski definition) is 1. The van der Waals surface area contributed by atoms with Crippen LogP contribution in [0.25, 0.3) is 0 Å². The maximum Gasteiger partial charge on any atom is 0.224 e. The Kier molecular flexibility index (Phi) is 1.61. The Morgan fingerprint density at radius 3 is 3.00 bits per heavy atom. The Balaban J connectivity index is 2.44. The standard InChI is InChI=1S/C10H11NO/c1-7-2-3-8-6-11-10(12)5-9(8)4-7/h2-4H,5-6H2,1H3,(H,11,12). The van der Waals surface area contributed by atoms with Gasteiger partial charge in [-0.3, -0.25) is 4.79 Å². The Bertz CT molecular complexity index is 331. The van der Waals surface area contributed by atoms with Crippen LogP contribution in [0.2, 0.25) is 0 Å². The molecule has 2 nitrogen and oxygen atoms in total. The molecule has 0 radical (unpaired) electrons. The van der Waals surface area contributed by atoms with Crippen LogP contribution in [-0.4, -0.2) is 5.91 Å². The van der Waals surface area contributed by atoms with Crippen molar-refractivity contribution >= 4 is 5.91 Å². The maximum atomic E-state index is 11.0. The second-order valence-corrected chi connectivity index (χ2v) is 3.23. The molecule has 0 saturated heterocycles. The molecule has 1 aliphatic heterocycles.